The van der Waals surface area contributed by atoms with Crippen LogP contribution in [0, 0.1) is 5.41 Å². The third-order valence-electron chi connectivity index (χ3n) is 2.38. The highest BCUT2D eigenvalue weighted by atomic mass is 16.5. The molecule has 0 saturated carbocycles. The first-order valence-corrected chi connectivity index (χ1v) is 6.56. The van der Waals surface area contributed by atoms with Gasteiger partial charge in [0.2, 0.25) is 0 Å². The average molecular weight is 251 g/mol. The highest BCUT2D eigenvalue weighted by molar-refractivity contribution is 5.46. The molecule has 3 nitrogen and oxygen atoms in total. The predicted octanol–water partition coefficient (Wildman–Crippen LogP) is 3.56. The van der Waals surface area contributed by atoms with E-state index >= 15 is 0 Å². The van der Waals surface area contributed by atoms with Crippen molar-refractivity contribution in [3.05, 3.63) is 24.3 Å². The molecule has 0 spiro atoms. The Morgan fingerprint density at radius 1 is 1.06 bits per heavy atom. The normalized spacial score (nSPS) is 11.3. The highest BCUT2D eigenvalue weighted by Gasteiger charge is 2.09. The molecule has 0 fully saturated rings. The SMILES string of the molecule is CCOCCOc1ccc(NCC(C)(C)C)cc1. The summed E-state index contributed by atoms with van der Waals surface area (Å²) < 4.78 is 10.8. The number of benzene rings is 1. The third kappa shape index (κ3) is 6.50. The lowest BCUT2D eigenvalue weighted by Crippen LogP contribution is -2.18. The van der Waals surface area contributed by atoms with Gasteiger partial charge in [0, 0.05) is 18.8 Å². The van der Waals surface area contributed by atoms with Crippen molar-refractivity contribution < 1.29 is 9.47 Å². The minimum Gasteiger partial charge on any atom is -0.491 e. The zero-order valence-corrected chi connectivity index (χ0v) is 12.0. The van der Waals surface area contributed by atoms with E-state index in [2.05, 4.69) is 26.1 Å². The van der Waals surface area contributed by atoms with Crippen LogP contribution in [0.25, 0.3) is 0 Å². The summed E-state index contributed by atoms with van der Waals surface area (Å²) in [5, 5.41) is 3.41. The second kappa shape index (κ2) is 7.27. The molecule has 0 radical (unpaired) electrons. The molecule has 0 amide bonds. The number of nitrogens with one attached hydrogen (secondary N) is 1. The van der Waals surface area contributed by atoms with Crippen molar-refractivity contribution in [2.45, 2.75) is 27.7 Å². The zero-order valence-electron chi connectivity index (χ0n) is 12.0. The van der Waals surface area contributed by atoms with Crippen molar-refractivity contribution in [1.82, 2.24) is 0 Å². The molecule has 0 heterocycles. The van der Waals surface area contributed by atoms with Crippen LogP contribution in [0.3, 0.4) is 0 Å². The van der Waals surface area contributed by atoms with Crippen LogP contribution < -0.4 is 10.1 Å². The maximum atomic E-state index is 5.56. The zero-order chi connectivity index (χ0) is 13.4. The lowest BCUT2D eigenvalue weighted by Gasteiger charge is -2.19. The first-order valence-electron chi connectivity index (χ1n) is 6.56. The van der Waals surface area contributed by atoms with Crippen molar-refractivity contribution in [1.29, 1.82) is 0 Å². The van der Waals surface area contributed by atoms with E-state index in [1.165, 1.54) is 0 Å². The molecule has 0 atom stereocenters. The molecule has 1 aromatic carbocycles. The number of ether oxygens (including phenoxy) is 2. The van der Waals surface area contributed by atoms with Crippen LogP contribution in [0.5, 0.6) is 5.75 Å². The van der Waals surface area contributed by atoms with Gasteiger partial charge >= 0.3 is 0 Å². The van der Waals surface area contributed by atoms with Crippen LogP contribution >= 0.6 is 0 Å². The third-order valence-corrected chi connectivity index (χ3v) is 2.38. The molecule has 1 N–H and O–H groups in total. The van der Waals surface area contributed by atoms with Gasteiger partial charge in [0.05, 0.1) is 6.61 Å². The molecule has 3 heteroatoms. The minimum absolute atomic E-state index is 0.284. The van der Waals surface area contributed by atoms with Crippen LogP contribution in [-0.2, 0) is 4.74 Å². The van der Waals surface area contributed by atoms with Gasteiger partial charge in [0.1, 0.15) is 12.4 Å². The van der Waals surface area contributed by atoms with Crippen LogP contribution in [0.2, 0.25) is 0 Å². The van der Waals surface area contributed by atoms with Gasteiger partial charge in [0.15, 0.2) is 0 Å². The molecular formula is C15H25NO2. The average Bonchev–Trinajstić information content (AvgIpc) is 2.33. The standard InChI is InChI=1S/C15H25NO2/c1-5-17-10-11-18-14-8-6-13(7-9-14)16-12-15(2,3)4/h6-9,16H,5,10-12H2,1-4H3. The minimum atomic E-state index is 0.284. The summed E-state index contributed by atoms with van der Waals surface area (Å²) in [5.41, 5.74) is 1.41. The molecule has 1 aromatic rings. The topological polar surface area (TPSA) is 30.5 Å². The number of hydrogen-bond acceptors (Lipinski definition) is 3. The summed E-state index contributed by atoms with van der Waals surface area (Å²) >= 11 is 0. The maximum absolute atomic E-state index is 5.56. The van der Waals surface area contributed by atoms with E-state index in [0.717, 1.165) is 24.6 Å². The Morgan fingerprint density at radius 2 is 1.72 bits per heavy atom. The quantitative estimate of drug-likeness (QED) is 0.752. The van der Waals surface area contributed by atoms with Gasteiger partial charge in [-0.15, -0.1) is 0 Å². The van der Waals surface area contributed by atoms with Gasteiger partial charge < -0.3 is 14.8 Å². The smallest absolute Gasteiger partial charge is 0.119 e. The van der Waals surface area contributed by atoms with Crippen molar-refractivity contribution in [3.8, 4) is 5.75 Å². The van der Waals surface area contributed by atoms with Crippen molar-refractivity contribution in [3.63, 3.8) is 0 Å². The molecule has 0 aliphatic rings. The molecule has 0 bridgehead atoms. The van der Waals surface area contributed by atoms with E-state index in [-0.39, 0.29) is 5.41 Å². The van der Waals surface area contributed by atoms with E-state index < -0.39 is 0 Å². The summed E-state index contributed by atoms with van der Waals surface area (Å²) in [4.78, 5) is 0. The van der Waals surface area contributed by atoms with Crippen LogP contribution in [-0.4, -0.2) is 26.4 Å². The molecule has 0 aliphatic carbocycles. The van der Waals surface area contributed by atoms with Crippen molar-refractivity contribution in [2.24, 2.45) is 5.41 Å². The lowest BCUT2D eigenvalue weighted by molar-refractivity contribution is 0.110. The van der Waals surface area contributed by atoms with Crippen molar-refractivity contribution in [2.75, 3.05) is 31.7 Å². The molecule has 102 valence electrons. The van der Waals surface area contributed by atoms with Crippen LogP contribution in [0.15, 0.2) is 24.3 Å². The monoisotopic (exact) mass is 251 g/mol. The van der Waals surface area contributed by atoms with Gasteiger partial charge in [-0.2, -0.15) is 0 Å². The summed E-state index contributed by atoms with van der Waals surface area (Å²) in [6.45, 7) is 11.6. The number of anilines is 1. The maximum Gasteiger partial charge on any atom is 0.119 e. The fourth-order valence-electron chi connectivity index (χ4n) is 1.40. The van der Waals surface area contributed by atoms with E-state index in [0.29, 0.717) is 13.2 Å². The Morgan fingerprint density at radius 3 is 2.28 bits per heavy atom. The lowest BCUT2D eigenvalue weighted by atomic mass is 9.97. The van der Waals surface area contributed by atoms with E-state index in [1.807, 2.05) is 31.2 Å². The second-order valence-electron chi connectivity index (χ2n) is 5.48. The number of hydrogen-bond donors (Lipinski definition) is 1. The molecule has 0 aliphatic heterocycles. The molecule has 18 heavy (non-hydrogen) atoms. The Kier molecular flexibility index (Phi) is 5.99. The van der Waals surface area contributed by atoms with Crippen LogP contribution in [0.4, 0.5) is 5.69 Å². The van der Waals surface area contributed by atoms with E-state index in [1.54, 1.807) is 0 Å². The fourth-order valence-corrected chi connectivity index (χ4v) is 1.40. The highest BCUT2D eigenvalue weighted by Crippen LogP contribution is 2.18. The second-order valence-corrected chi connectivity index (χ2v) is 5.48. The van der Waals surface area contributed by atoms with Gasteiger partial charge in [-0.25, -0.2) is 0 Å². The Labute approximate surface area is 110 Å². The Balaban J connectivity index is 2.33. The van der Waals surface area contributed by atoms with Gasteiger partial charge in [-0.3, -0.25) is 0 Å². The van der Waals surface area contributed by atoms with Gasteiger partial charge in [0.25, 0.3) is 0 Å². The molecule has 1 rings (SSSR count). The van der Waals surface area contributed by atoms with Crippen molar-refractivity contribution >= 4 is 5.69 Å². The molecular weight excluding hydrogens is 226 g/mol. The summed E-state index contributed by atoms with van der Waals surface area (Å²) in [7, 11) is 0. The Hall–Kier alpha value is -1.22. The first-order chi connectivity index (χ1) is 8.51. The summed E-state index contributed by atoms with van der Waals surface area (Å²) in [6.07, 6.45) is 0. The first kappa shape index (κ1) is 14.8. The predicted molar refractivity (Wildman–Crippen MR) is 76.4 cm³/mol. The fraction of sp³-hybridized carbons (Fsp3) is 0.600. The number of rotatable bonds is 7. The van der Waals surface area contributed by atoms with E-state index in [9.17, 15) is 0 Å². The molecule has 0 saturated heterocycles. The van der Waals surface area contributed by atoms with Gasteiger partial charge in [-0.05, 0) is 36.6 Å². The summed E-state index contributed by atoms with van der Waals surface area (Å²) in [5.74, 6) is 0.885. The largest absolute Gasteiger partial charge is 0.491 e. The summed E-state index contributed by atoms with van der Waals surface area (Å²) in [6, 6.07) is 8.05. The molecule has 0 unspecified atom stereocenters. The molecule has 0 aromatic heterocycles. The Bertz CT molecular complexity index is 327. The van der Waals surface area contributed by atoms with Crippen LogP contribution in [0.1, 0.15) is 27.7 Å². The van der Waals surface area contributed by atoms with Gasteiger partial charge in [-0.1, -0.05) is 20.8 Å². The van der Waals surface area contributed by atoms with E-state index in [4.69, 9.17) is 9.47 Å².